The molecule has 2 atom stereocenters. The molecule has 2 aromatic rings. The van der Waals surface area contributed by atoms with Gasteiger partial charge in [0.05, 0.1) is 17.0 Å². The molecule has 0 aromatic heterocycles. The van der Waals surface area contributed by atoms with E-state index in [1.165, 1.54) is 28.6 Å². The summed E-state index contributed by atoms with van der Waals surface area (Å²) in [4.78, 5) is 0.136. The molecule has 3 rings (SSSR count). The van der Waals surface area contributed by atoms with Crippen molar-refractivity contribution in [3.8, 4) is 11.8 Å². The van der Waals surface area contributed by atoms with E-state index in [4.69, 9.17) is 10.00 Å². The van der Waals surface area contributed by atoms with Gasteiger partial charge in [-0.15, -0.1) is 0 Å². The van der Waals surface area contributed by atoms with E-state index in [2.05, 4.69) is 22.6 Å². The molecule has 1 aliphatic rings. The van der Waals surface area contributed by atoms with Crippen molar-refractivity contribution in [1.82, 2.24) is 4.31 Å². The molecule has 1 aliphatic heterocycles. The molecule has 1 unspecified atom stereocenters. The number of β-amino-alcohol motifs (C(OH)–C–C–N with tert-alkyl or cyclic N) is 1. The first-order chi connectivity index (χ1) is 13.2. The highest BCUT2D eigenvalue weighted by atomic mass is 127. The van der Waals surface area contributed by atoms with Crippen LogP contribution in [0.1, 0.15) is 18.9 Å². The third-order valence-electron chi connectivity index (χ3n) is 4.82. The average Bonchev–Trinajstić information content (AvgIpc) is 3.00. The molecule has 0 aliphatic carbocycles. The molecule has 0 spiro atoms. The van der Waals surface area contributed by atoms with Crippen molar-refractivity contribution in [2.75, 3.05) is 13.1 Å². The molecule has 6 nitrogen and oxygen atoms in total. The maximum absolute atomic E-state index is 13.8. The first kappa shape index (κ1) is 21.0. The zero-order valence-electron chi connectivity index (χ0n) is 15.0. The molecule has 1 heterocycles. The predicted octanol–water partition coefficient (Wildman–Crippen LogP) is 2.89. The topological polar surface area (TPSA) is 90.6 Å². The Bertz CT molecular complexity index is 1020. The summed E-state index contributed by atoms with van der Waals surface area (Å²) in [7, 11) is -3.81. The summed E-state index contributed by atoms with van der Waals surface area (Å²) in [6.07, 6.45) is -0.613. The highest BCUT2D eigenvalue weighted by molar-refractivity contribution is 14.1. The third-order valence-corrected chi connectivity index (χ3v) is 7.37. The summed E-state index contributed by atoms with van der Waals surface area (Å²) in [5.74, 6) is -0.608. The second kappa shape index (κ2) is 7.94. The summed E-state index contributed by atoms with van der Waals surface area (Å²) in [6, 6.07) is 11.9. The minimum atomic E-state index is -3.81. The summed E-state index contributed by atoms with van der Waals surface area (Å²) in [6.45, 7) is 1.54. The molecular weight excluding hydrogens is 498 g/mol. The van der Waals surface area contributed by atoms with Crippen LogP contribution in [-0.2, 0) is 10.0 Å². The number of hydrogen-bond donors (Lipinski definition) is 1. The van der Waals surface area contributed by atoms with E-state index in [0.717, 1.165) is 9.64 Å². The normalized spacial score (nSPS) is 22.8. The van der Waals surface area contributed by atoms with Gasteiger partial charge >= 0.3 is 0 Å². The molecule has 2 aromatic carbocycles. The Morgan fingerprint density at radius 1 is 1.36 bits per heavy atom. The Morgan fingerprint density at radius 3 is 2.61 bits per heavy atom. The fourth-order valence-electron chi connectivity index (χ4n) is 3.08. The number of nitriles is 1. The average molecular weight is 516 g/mol. The maximum atomic E-state index is 13.8. The lowest BCUT2D eigenvalue weighted by atomic mass is 9.97. The van der Waals surface area contributed by atoms with E-state index >= 15 is 0 Å². The molecule has 9 heteroatoms. The SMILES string of the molecule is CC[C@]1(O)CN(S(=O)(=O)c2ccc(I)cc2)CC1Oc1ccc(C#N)c(F)c1. The lowest BCUT2D eigenvalue weighted by Crippen LogP contribution is -2.44. The largest absolute Gasteiger partial charge is 0.486 e. The van der Waals surface area contributed by atoms with Gasteiger partial charge in [0.15, 0.2) is 0 Å². The Morgan fingerprint density at radius 2 is 2.04 bits per heavy atom. The Balaban J connectivity index is 1.86. The van der Waals surface area contributed by atoms with Crippen LogP contribution < -0.4 is 4.74 Å². The van der Waals surface area contributed by atoms with Crippen LogP contribution in [-0.4, -0.2) is 42.6 Å². The summed E-state index contributed by atoms with van der Waals surface area (Å²) < 4.78 is 47.6. The molecule has 1 saturated heterocycles. The van der Waals surface area contributed by atoms with Crippen LogP contribution in [0.3, 0.4) is 0 Å². The fraction of sp³-hybridized carbons (Fsp3) is 0.316. The standard InChI is InChI=1S/C19H18FIN2O4S/c1-2-19(24)12-23(28(25,26)16-7-4-14(21)5-8-16)11-18(19)27-15-6-3-13(10-22)17(20)9-15/h3-9,18,24H,2,11-12H2,1H3/t18?,19-/m0/s1. The van der Waals surface area contributed by atoms with Crippen LogP contribution in [0.15, 0.2) is 47.4 Å². The molecule has 0 amide bonds. The number of nitrogens with zero attached hydrogens (tertiary/aromatic N) is 2. The van der Waals surface area contributed by atoms with Crippen LogP contribution >= 0.6 is 22.6 Å². The first-order valence-electron chi connectivity index (χ1n) is 8.54. The van der Waals surface area contributed by atoms with Gasteiger partial charge in [0, 0.05) is 16.2 Å². The van der Waals surface area contributed by atoms with Gasteiger partial charge in [-0.3, -0.25) is 0 Å². The minimum Gasteiger partial charge on any atom is -0.486 e. The lowest BCUT2D eigenvalue weighted by molar-refractivity contribution is -0.0302. The number of benzene rings is 2. The first-order valence-corrected chi connectivity index (χ1v) is 11.1. The fourth-order valence-corrected chi connectivity index (χ4v) is 4.94. The van der Waals surface area contributed by atoms with Crippen molar-refractivity contribution in [2.45, 2.75) is 29.9 Å². The van der Waals surface area contributed by atoms with Crippen molar-refractivity contribution >= 4 is 32.6 Å². The van der Waals surface area contributed by atoms with Crippen LogP contribution in [0.25, 0.3) is 0 Å². The zero-order chi connectivity index (χ0) is 20.5. The Hall–Kier alpha value is -1.74. The molecule has 0 radical (unpaired) electrons. The second-order valence-corrected chi connectivity index (χ2v) is 9.75. The highest BCUT2D eigenvalue weighted by Crippen LogP contribution is 2.33. The van der Waals surface area contributed by atoms with Crippen LogP contribution in [0, 0.1) is 20.7 Å². The minimum absolute atomic E-state index is 0.0692. The summed E-state index contributed by atoms with van der Waals surface area (Å²) >= 11 is 2.09. The van der Waals surface area contributed by atoms with E-state index in [1.54, 1.807) is 25.1 Å². The van der Waals surface area contributed by atoms with E-state index < -0.39 is 27.5 Å². The van der Waals surface area contributed by atoms with Crippen molar-refractivity contribution in [2.24, 2.45) is 0 Å². The maximum Gasteiger partial charge on any atom is 0.243 e. The van der Waals surface area contributed by atoms with E-state index in [1.807, 2.05) is 0 Å². The van der Waals surface area contributed by atoms with Gasteiger partial charge in [-0.1, -0.05) is 6.92 Å². The molecule has 1 fully saturated rings. The van der Waals surface area contributed by atoms with Crippen molar-refractivity contribution in [1.29, 1.82) is 5.26 Å². The molecule has 0 saturated carbocycles. The van der Waals surface area contributed by atoms with Gasteiger partial charge in [0.2, 0.25) is 10.0 Å². The molecule has 1 N–H and O–H groups in total. The molecule has 28 heavy (non-hydrogen) atoms. The number of ether oxygens (including phenoxy) is 1. The molecule has 148 valence electrons. The van der Waals surface area contributed by atoms with Gasteiger partial charge in [0.25, 0.3) is 0 Å². The van der Waals surface area contributed by atoms with Crippen molar-refractivity contribution in [3.63, 3.8) is 0 Å². The lowest BCUT2D eigenvalue weighted by Gasteiger charge is -2.28. The van der Waals surface area contributed by atoms with Crippen LogP contribution in [0.4, 0.5) is 4.39 Å². The van der Waals surface area contributed by atoms with Gasteiger partial charge in [-0.05, 0) is 65.4 Å². The van der Waals surface area contributed by atoms with Crippen LogP contribution in [0.5, 0.6) is 5.75 Å². The summed E-state index contributed by atoms with van der Waals surface area (Å²) in [5, 5.41) is 19.8. The number of hydrogen-bond acceptors (Lipinski definition) is 5. The van der Waals surface area contributed by atoms with E-state index in [-0.39, 0.29) is 35.7 Å². The van der Waals surface area contributed by atoms with Gasteiger partial charge in [0.1, 0.15) is 29.3 Å². The zero-order valence-corrected chi connectivity index (χ0v) is 17.9. The predicted molar refractivity (Wildman–Crippen MR) is 109 cm³/mol. The van der Waals surface area contributed by atoms with Crippen LogP contribution in [0.2, 0.25) is 0 Å². The van der Waals surface area contributed by atoms with Gasteiger partial charge < -0.3 is 9.84 Å². The monoisotopic (exact) mass is 516 g/mol. The number of sulfonamides is 1. The number of rotatable bonds is 5. The highest BCUT2D eigenvalue weighted by Gasteiger charge is 2.49. The Kier molecular flexibility index (Phi) is 5.95. The quantitative estimate of drug-likeness (QED) is 0.618. The second-order valence-electron chi connectivity index (χ2n) is 6.57. The van der Waals surface area contributed by atoms with Crippen molar-refractivity contribution < 1.29 is 22.7 Å². The van der Waals surface area contributed by atoms with Gasteiger partial charge in [-0.25, -0.2) is 12.8 Å². The third kappa shape index (κ3) is 4.00. The van der Waals surface area contributed by atoms with Gasteiger partial charge in [-0.2, -0.15) is 9.57 Å². The molecule has 0 bridgehead atoms. The number of halogens is 2. The summed E-state index contributed by atoms with van der Waals surface area (Å²) in [5.41, 5.74) is -1.53. The molecular formula is C19H18FIN2O4S. The van der Waals surface area contributed by atoms with E-state index in [0.29, 0.717) is 0 Å². The van der Waals surface area contributed by atoms with E-state index in [9.17, 15) is 17.9 Å². The smallest absolute Gasteiger partial charge is 0.243 e. The number of aliphatic hydroxyl groups is 1. The Labute approximate surface area is 176 Å². The van der Waals surface area contributed by atoms with Crippen molar-refractivity contribution in [3.05, 3.63) is 57.4 Å².